The van der Waals surface area contributed by atoms with Crippen LogP contribution in [0, 0.1) is 19.8 Å². The summed E-state index contributed by atoms with van der Waals surface area (Å²) in [5.41, 5.74) is 3.10. The van der Waals surface area contributed by atoms with E-state index in [0.717, 1.165) is 46.7 Å². The fraction of sp³-hybridized carbons (Fsp3) is 0.571. The Kier molecular flexibility index (Phi) is 6.94. The van der Waals surface area contributed by atoms with E-state index in [4.69, 9.17) is 0 Å². The number of anilines is 1. The molecule has 1 saturated carbocycles. The maximum atomic E-state index is 12.4. The number of nitrogens with one attached hydrogen (secondary N) is 1. The van der Waals surface area contributed by atoms with Gasteiger partial charge in [0.25, 0.3) is 0 Å². The number of nitrogens with zero attached hydrogens (tertiary/aromatic N) is 3. The van der Waals surface area contributed by atoms with Gasteiger partial charge in [0.2, 0.25) is 5.91 Å². The highest BCUT2D eigenvalue weighted by Crippen LogP contribution is 2.27. The molecule has 0 radical (unpaired) electrons. The third-order valence-electron chi connectivity index (χ3n) is 5.31. The zero-order chi connectivity index (χ0) is 19.2. The second-order valence-corrected chi connectivity index (χ2v) is 8.45. The van der Waals surface area contributed by atoms with Gasteiger partial charge in [-0.2, -0.15) is 0 Å². The fourth-order valence-corrected chi connectivity index (χ4v) is 4.55. The normalized spacial score (nSPS) is 15.1. The van der Waals surface area contributed by atoms with Crippen molar-refractivity contribution in [3.8, 4) is 0 Å². The number of hydrogen-bond donors (Lipinski definition) is 1. The molecule has 1 fully saturated rings. The molecule has 1 aliphatic carbocycles. The number of carbonyl (C=O) groups is 1. The number of carbonyl (C=O) groups excluding carboxylic acids is 1. The molecule has 0 saturated heterocycles. The molecule has 0 spiro atoms. The molecule has 0 aliphatic heterocycles. The van der Waals surface area contributed by atoms with Gasteiger partial charge in [0.1, 0.15) is 5.82 Å². The first-order valence-electron chi connectivity index (χ1n) is 9.98. The summed E-state index contributed by atoms with van der Waals surface area (Å²) in [6.07, 6.45) is 7.66. The third kappa shape index (κ3) is 5.34. The lowest BCUT2D eigenvalue weighted by atomic mass is 9.87. The Balaban J connectivity index is 1.58. The van der Waals surface area contributed by atoms with Crippen molar-refractivity contribution in [2.75, 3.05) is 11.1 Å². The Hall–Kier alpha value is -1.82. The third-order valence-corrected chi connectivity index (χ3v) is 6.27. The van der Waals surface area contributed by atoms with Crippen LogP contribution in [-0.4, -0.2) is 26.4 Å². The molecule has 1 heterocycles. The van der Waals surface area contributed by atoms with Crippen molar-refractivity contribution in [3.05, 3.63) is 35.2 Å². The molecule has 1 aromatic heterocycles. The average molecular weight is 387 g/mol. The van der Waals surface area contributed by atoms with E-state index >= 15 is 0 Å². The highest BCUT2D eigenvalue weighted by Gasteiger charge is 2.19. The summed E-state index contributed by atoms with van der Waals surface area (Å²) in [4.78, 5) is 12.4. The molecular formula is C21H30N4OS. The molecule has 1 aliphatic rings. The summed E-state index contributed by atoms with van der Waals surface area (Å²) in [6, 6.07) is 6.09. The molecular weight excluding hydrogens is 356 g/mol. The van der Waals surface area contributed by atoms with Crippen LogP contribution in [-0.2, 0) is 17.8 Å². The lowest BCUT2D eigenvalue weighted by Crippen LogP contribution is -2.16. The molecule has 6 heteroatoms. The van der Waals surface area contributed by atoms with Crippen molar-refractivity contribution in [2.24, 2.45) is 5.92 Å². The van der Waals surface area contributed by atoms with E-state index < -0.39 is 0 Å². The van der Waals surface area contributed by atoms with Gasteiger partial charge in [-0.05, 0) is 43.9 Å². The highest BCUT2D eigenvalue weighted by atomic mass is 32.2. The quantitative estimate of drug-likeness (QED) is 0.697. The summed E-state index contributed by atoms with van der Waals surface area (Å²) < 4.78 is 2.17. The van der Waals surface area contributed by atoms with E-state index in [0.29, 0.717) is 5.75 Å². The average Bonchev–Trinajstić information content (AvgIpc) is 3.05. The van der Waals surface area contributed by atoms with Crippen LogP contribution in [0.3, 0.4) is 0 Å². The molecule has 27 heavy (non-hydrogen) atoms. The zero-order valence-corrected chi connectivity index (χ0v) is 17.4. The lowest BCUT2D eigenvalue weighted by molar-refractivity contribution is -0.113. The number of hydrogen-bond acceptors (Lipinski definition) is 4. The minimum Gasteiger partial charge on any atom is -0.325 e. The lowest BCUT2D eigenvalue weighted by Gasteiger charge is -2.21. The first-order chi connectivity index (χ1) is 13.1. The Labute approximate surface area is 166 Å². The minimum absolute atomic E-state index is 0.00631. The van der Waals surface area contributed by atoms with Gasteiger partial charge >= 0.3 is 0 Å². The van der Waals surface area contributed by atoms with Gasteiger partial charge in [-0.25, -0.2) is 0 Å². The number of aromatic nitrogens is 3. The number of benzene rings is 1. The first-order valence-corrected chi connectivity index (χ1v) is 11.0. The van der Waals surface area contributed by atoms with Gasteiger partial charge in [0.15, 0.2) is 5.16 Å². The molecule has 1 amide bonds. The Morgan fingerprint density at radius 1 is 1.22 bits per heavy atom. The van der Waals surface area contributed by atoms with E-state index in [1.807, 2.05) is 26.0 Å². The van der Waals surface area contributed by atoms with Crippen molar-refractivity contribution in [2.45, 2.75) is 71.0 Å². The molecule has 0 bridgehead atoms. The Morgan fingerprint density at radius 3 is 2.74 bits per heavy atom. The molecule has 0 unspecified atom stereocenters. The molecule has 1 aromatic carbocycles. The predicted molar refractivity (Wildman–Crippen MR) is 111 cm³/mol. The van der Waals surface area contributed by atoms with Crippen molar-refractivity contribution >= 4 is 23.4 Å². The van der Waals surface area contributed by atoms with Crippen LogP contribution in [0.1, 0.15) is 56.0 Å². The van der Waals surface area contributed by atoms with Crippen LogP contribution in [0.2, 0.25) is 0 Å². The standard InChI is InChI=1S/C21H30N4OS/c1-4-25-19(13-17-8-6-5-7-9-17)23-24-21(25)27-14-20(26)22-18-12-15(2)10-11-16(18)3/h10-12,17H,4-9,13-14H2,1-3H3,(H,22,26). The zero-order valence-electron chi connectivity index (χ0n) is 16.6. The number of thioether (sulfide) groups is 1. The van der Waals surface area contributed by atoms with Crippen molar-refractivity contribution < 1.29 is 4.79 Å². The summed E-state index contributed by atoms with van der Waals surface area (Å²) in [5.74, 6) is 2.14. The first kappa shape index (κ1) is 19.9. The second kappa shape index (κ2) is 9.40. The van der Waals surface area contributed by atoms with Gasteiger partial charge < -0.3 is 9.88 Å². The largest absolute Gasteiger partial charge is 0.325 e. The van der Waals surface area contributed by atoms with Crippen molar-refractivity contribution in [3.63, 3.8) is 0 Å². The predicted octanol–water partition coefficient (Wildman–Crippen LogP) is 4.77. The van der Waals surface area contributed by atoms with Gasteiger partial charge in [-0.15, -0.1) is 10.2 Å². The minimum atomic E-state index is -0.00631. The second-order valence-electron chi connectivity index (χ2n) is 7.51. The molecule has 146 valence electrons. The summed E-state index contributed by atoms with van der Waals surface area (Å²) in [6.45, 7) is 7.00. The van der Waals surface area contributed by atoms with Gasteiger partial charge in [-0.1, -0.05) is 56.0 Å². The topological polar surface area (TPSA) is 59.8 Å². The molecule has 5 nitrogen and oxygen atoms in total. The molecule has 1 N–H and O–H groups in total. The fourth-order valence-electron chi connectivity index (χ4n) is 3.73. The maximum absolute atomic E-state index is 12.4. The van der Waals surface area contributed by atoms with E-state index in [1.54, 1.807) is 0 Å². The van der Waals surface area contributed by atoms with Crippen LogP contribution in [0.5, 0.6) is 0 Å². The molecule has 3 rings (SSSR count). The van der Waals surface area contributed by atoms with E-state index in [2.05, 4.69) is 33.1 Å². The van der Waals surface area contributed by atoms with Gasteiger partial charge in [-0.3, -0.25) is 4.79 Å². The Morgan fingerprint density at radius 2 is 2.00 bits per heavy atom. The number of rotatable bonds is 7. The smallest absolute Gasteiger partial charge is 0.234 e. The number of amides is 1. The highest BCUT2D eigenvalue weighted by molar-refractivity contribution is 7.99. The summed E-state index contributed by atoms with van der Waals surface area (Å²) in [5, 5.41) is 12.6. The summed E-state index contributed by atoms with van der Waals surface area (Å²) >= 11 is 1.47. The maximum Gasteiger partial charge on any atom is 0.234 e. The van der Waals surface area contributed by atoms with E-state index in [1.165, 1.54) is 43.9 Å². The van der Waals surface area contributed by atoms with E-state index in [-0.39, 0.29) is 5.91 Å². The SMILES string of the molecule is CCn1c(CC2CCCCC2)nnc1SCC(=O)Nc1cc(C)ccc1C. The van der Waals surface area contributed by atoms with Crippen LogP contribution in [0.25, 0.3) is 0 Å². The Bertz CT molecular complexity index is 780. The van der Waals surface area contributed by atoms with Gasteiger partial charge in [0, 0.05) is 18.7 Å². The molecule has 2 aromatic rings. The molecule has 0 atom stereocenters. The monoisotopic (exact) mass is 386 g/mol. The summed E-state index contributed by atoms with van der Waals surface area (Å²) in [7, 11) is 0. The number of aryl methyl sites for hydroxylation is 2. The van der Waals surface area contributed by atoms with Crippen LogP contribution in [0.4, 0.5) is 5.69 Å². The van der Waals surface area contributed by atoms with Crippen LogP contribution in [0.15, 0.2) is 23.4 Å². The van der Waals surface area contributed by atoms with Crippen molar-refractivity contribution in [1.29, 1.82) is 0 Å². The van der Waals surface area contributed by atoms with Crippen LogP contribution >= 0.6 is 11.8 Å². The van der Waals surface area contributed by atoms with Crippen LogP contribution < -0.4 is 5.32 Å². The van der Waals surface area contributed by atoms with E-state index in [9.17, 15) is 4.79 Å². The van der Waals surface area contributed by atoms with Crippen molar-refractivity contribution in [1.82, 2.24) is 14.8 Å². The van der Waals surface area contributed by atoms with Gasteiger partial charge in [0.05, 0.1) is 5.75 Å².